The summed E-state index contributed by atoms with van der Waals surface area (Å²) in [7, 11) is 0. The van der Waals surface area contributed by atoms with Gasteiger partial charge in [-0.05, 0) is 74.5 Å². The number of aryl methyl sites for hydroxylation is 1. The van der Waals surface area contributed by atoms with Crippen molar-refractivity contribution in [2.45, 2.75) is 27.2 Å². The molecule has 3 aromatic rings. The number of amides is 2. The summed E-state index contributed by atoms with van der Waals surface area (Å²) >= 11 is 5.53. The molecule has 0 spiro atoms. The second kappa shape index (κ2) is 9.11. The number of para-hydroxylation sites is 2. The summed E-state index contributed by atoms with van der Waals surface area (Å²) in [5.41, 5.74) is 3.23. The van der Waals surface area contributed by atoms with E-state index in [1.54, 1.807) is 41.0 Å². The van der Waals surface area contributed by atoms with Gasteiger partial charge in [0, 0.05) is 17.9 Å². The van der Waals surface area contributed by atoms with Crippen LogP contribution in [0, 0.1) is 19.7 Å². The zero-order chi connectivity index (χ0) is 23.7. The minimum absolute atomic E-state index is 0.0229. The zero-order valence-corrected chi connectivity index (χ0v) is 19.5. The fourth-order valence-corrected chi connectivity index (χ4v) is 4.46. The summed E-state index contributed by atoms with van der Waals surface area (Å²) in [6.45, 7) is 6.05. The first kappa shape index (κ1) is 22.6. The van der Waals surface area contributed by atoms with Gasteiger partial charge >= 0.3 is 0 Å². The number of hydrogen-bond donors (Lipinski definition) is 0. The summed E-state index contributed by atoms with van der Waals surface area (Å²) in [5.74, 6) is -1.24. The van der Waals surface area contributed by atoms with Crippen molar-refractivity contribution in [1.82, 2.24) is 9.47 Å². The van der Waals surface area contributed by atoms with Crippen molar-refractivity contribution in [1.29, 1.82) is 0 Å². The van der Waals surface area contributed by atoms with Crippen LogP contribution in [0.1, 0.15) is 30.3 Å². The standard InChI is InChI=1S/C26H24FN3O2S/c1-4-14-28-24(31)21(25(32)30(26(28)33)20-10-6-5-7-11-20)16-19-15-17(2)29(18(19)3)23-13-9-8-12-22(23)27/h5-13,15-16H,4,14H2,1-3H3/b21-16+. The molecule has 0 unspecified atom stereocenters. The Kier molecular flexibility index (Phi) is 6.24. The van der Waals surface area contributed by atoms with Gasteiger partial charge < -0.3 is 4.57 Å². The summed E-state index contributed by atoms with van der Waals surface area (Å²) in [4.78, 5) is 29.6. The average molecular weight is 462 g/mol. The molecule has 7 heteroatoms. The van der Waals surface area contributed by atoms with Crippen molar-refractivity contribution in [3.05, 3.63) is 89.0 Å². The lowest BCUT2D eigenvalue weighted by Gasteiger charge is -2.36. The Morgan fingerprint density at radius 2 is 1.64 bits per heavy atom. The molecule has 1 saturated heterocycles. The zero-order valence-electron chi connectivity index (χ0n) is 18.7. The Morgan fingerprint density at radius 3 is 2.30 bits per heavy atom. The van der Waals surface area contributed by atoms with Crippen molar-refractivity contribution in [3.8, 4) is 5.69 Å². The Hall–Kier alpha value is -3.58. The Morgan fingerprint density at radius 1 is 0.970 bits per heavy atom. The van der Waals surface area contributed by atoms with Gasteiger partial charge in [-0.25, -0.2) is 4.39 Å². The van der Waals surface area contributed by atoms with Gasteiger partial charge in [-0.15, -0.1) is 0 Å². The van der Waals surface area contributed by atoms with Crippen molar-refractivity contribution in [2.75, 3.05) is 11.4 Å². The normalized spacial score (nSPS) is 15.6. The molecule has 2 amide bonds. The minimum Gasteiger partial charge on any atom is -0.315 e. The first-order chi connectivity index (χ1) is 15.8. The summed E-state index contributed by atoms with van der Waals surface area (Å²) in [6.07, 6.45) is 2.28. The lowest BCUT2D eigenvalue weighted by Crippen LogP contribution is -2.56. The summed E-state index contributed by atoms with van der Waals surface area (Å²) in [6, 6.07) is 17.4. The van der Waals surface area contributed by atoms with Gasteiger partial charge in [0.2, 0.25) is 0 Å². The van der Waals surface area contributed by atoms with E-state index in [1.165, 1.54) is 15.9 Å². The summed E-state index contributed by atoms with van der Waals surface area (Å²) in [5, 5.41) is 0.173. The van der Waals surface area contributed by atoms with E-state index >= 15 is 0 Å². The van der Waals surface area contributed by atoms with Crippen LogP contribution in [0.15, 0.2) is 66.2 Å². The van der Waals surface area contributed by atoms with Crippen LogP contribution < -0.4 is 4.90 Å². The Bertz CT molecular complexity index is 1280. The van der Waals surface area contributed by atoms with Gasteiger partial charge in [0.1, 0.15) is 11.4 Å². The van der Waals surface area contributed by atoms with E-state index < -0.39 is 11.8 Å². The molecule has 33 heavy (non-hydrogen) atoms. The highest BCUT2D eigenvalue weighted by Crippen LogP contribution is 2.29. The lowest BCUT2D eigenvalue weighted by molar-refractivity contribution is -0.127. The van der Waals surface area contributed by atoms with Crippen molar-refractivity contribution in [3.63, 3.8) is 0 Å². The molecule has 1 aromatic heterocycles. The number of carbonyl (C=O) groups excluding carboxylic acids is 2. The van der Waals surface area contributed by atoms with E-state index in [0.717, 1.165) is 11.4 Å². The first-order valence-corrected chi connectivity index (χ1v) is 11.2. The van der Waals surface area contributed by atoms with E-state index in [-0.39, 0.29) is 16.5 Å². The SMILES string of the molecule is CCCN1C(=O)/C(=C\c2cc(C)n(-c3ccccc3F)c2C)C(=O)N(c2ccccc2)C1=S. The van der Waals surface area contributed by atoms with E-state index in [9.17, 15) is 14.0 Å². The van der Waals surface area contributed by atoms with E-state index in [4.69, 9.17) is 12.2 Å². The number of halogens is 1. The molecule has 2 aromatic carbocycles. The maximum Gasteiger partial charge on any atom is 0.270 e. The van der Waals surface area contributed by atoms with E-state index in [0.29, 0.717) is 29.9 Å². The fraction of sp³-hybridized carbons (Fsp3) is 0.192. The first-order valence-electron chi connectivity index (χ1n) is 10.8. The third-order valence-electron chi connectivity index (χ3n) is 5.66. The molecular formula is C26H24FN3O2S. The second-order valence-corrected chi connectivity index (χ2v) is 8.25. The highest BCUT2D eigenvalue weighted by molar-refractivity contribution is 7.80. The molecule has 0 aliphatic carbocycles. The van der Waals surface area contributed by atoms with Gasteiger partial charge in [-0.1, -0.05) is 37.3 Å². The van der Waals surface area contributed by atoms with Gasteiger partial charge in [0.25, 0.3) is 11.8 Å². The number of hydrogen-bond acceptors (Lipinski definition) is 3. The number of thiocarbonyl (C=S) groups is 1. The average Bonchev–Trinajstić information content (AvgIpc) is 3.08. The summed E-state index contributed by atoms with van der Waals surface area (Å²) < 4.78 is 16.3. The van der Waals surface area contributed by atoms with Crippen LogP contribution in [0.25, 0.3) is 11.8 Å². The number of carbonyl (C=O) groups is 2. The van der Waals surface area contributed by atoms with E-state index in [1.807, 2.05) is 45.0 Å². The molecule has 1 aliphatic rings. The fourth-order valence-electron chi connectivity index (χ4n) is 4.09. The quantitative estimate of drug-likeness (QED) is 0.299. The highest BCUT2D eigenvalue weighted by Gasteiger charge is 2.40. The van der Waals surface area contributed by atoms with Crippen LogP contribution in [0.3, 0.4) is 0 Å². The van der Waals surface area contributed by atoms with Crippen LogP contribution in [-0.4, -0.2) is 32.9 Å². The Labute approximate surface area is 197 Å². The molecular weight excluding hydrogens is 437 g/mol. The molecule has 0 radical (unpaired) electrons. The molecule has 0 saturated carbocycles. The number of aromatic nitrogens is 1. The third-order valence-corrected chi connectivity index (χ3v) is 6.06. The molecule has 1 aliphatic heterocycles. The highest BCUT2D eigenvalue weighted by atomic mass is 32.1. The predicted molar refractivity (Wildman–Crippen MR) is 132 cm³/mol. The molecule has 1 fully saturated rings. The molecule has 0 atom stereocenters. The number of anilines is 1. The molecule has 0 N–H and O–H groups in total. The molecule has 2 heterocycles. The lowest BCUT2D eigenvalue weighted by atomic mass is 10.1. The van der Waals surface area contributed by atoms with Crippen LogP contribution in [0.4, 0.5) is 10.1 Å². The van der Waals surface area contributed by atoms with E-state index in [2.05, 4.69) is 0 Å². The van der Waals surface area contributed by atoms with Crippen molar-refractivity contribution in [2.24, 2.45) is 0 Å². The largest absolute Gasteiger partial charge is 0.315 e. The Balaban J connectivity index is 1.83. The van der Waals surface area contributed by atoms with Crippen molar-refractivity contribution < 1.29 is 14.0 Å². The van der Waals surface area contributed by atoms with Crippen molar-refractivity contribution >= 4 is 40.9 Å². The molecule has 4 rings (SSSR count). The van der Waals surface area contributed by atoms with Gasteiger partial charge in [0.15, 0.2) is 5.11 Å². The van der Waals surface area contributed by atoms with Gasteiger partial charge in [-0.2, -0.15) is 0 Å². The number of benzene rings is 2. The smallest absolute Gasteiger partial charge is 0.270 e. The molecule has 5 nitrogen and oxygen atoms in total. The number of rotatable bonds is 5. The van der Waals surface area contributed by atoms with Crippen LogP contribution in [0.5, 0.6) is 0 Å². The van der Waals surface area contributed by atoms with Gasteiger partial charge in [-0.3, -0.25) is 19.4 Å². The van der Waals surface area contributed by atoms with Gasteiger partial charge in [0.05, 0.1) is 11.4 Å². The second-order valence-electron chi connectivity index (χ2n) is 7.89. The maximum atomic E-state index is 14.5. The minimum atomic E-state index is -0.473. The third kappa shape index (κ3) is 4.00. The van der Waals surface area contributed by atoms with Crippen LogP contribution in [0.2, 0.25) is 0 Å². The molecule has 0 bridgehead atoms. The maximum absolute atomic E-state index is 14.5. The molecule has 168 valence electrons. The van der Waals surface area contributed by atoms with Crippen LogP contribution in [-0.2, 0) is 9.59 Å². The topological polar surface area (TPSA) is 45.6 Å². The van der Waals surface area contributed by atoms with Crippen LogP contribution >= 0.6 is 12.2 Å². The monoisotopic (exact) mass is 461 g/mol. The number of nitrogens with zero attached hydrogens (tertiary/aromatic N) is 3. The predicted octanol–water partition coefficient (Wildman–Crippen LogP) is 5.19.